The number of nitrogens with two attached hydrogens (primary N) is 1. The molecule has 0 fully saturated rings. The lowest BCUT2D eigenvalue weighted by Gasteiger charge is -2.08. The van der Waals surface area contributed by atoms with Crippen LogP contribution in [0, 0.1) is 11.6 Å². The number of anilines is 1. The van der Waals surface area contributed by atoms with Crippen LogP contribution in [0.5, 0.6) is 5.75 Å². The molecule has 2 N–H and O–H groups in total. The highest BCUT2D eigenvalue weighted by molar-refractivity contribution is 5.68. The molecule has 4 nitrogen and oxygen atoms in total. The molecule has 2 aromatic rings. The number of nitrogens with zero attached hydrogens (tertiary/aromatic N) is 2. The average molecular weight is 237 g/mol. The van der Waals surface area contributed by atoms with E-state index in [1.54, 1.807) is 0 Å². The Balaban J connectivity index is 2.63. The number of ether oxygens (including phenoxy) is 1. The zero-order valence-corrected chi connectivity index (χ0v) is 8.95. The molecule has 88 valence electrons. The molecule has 0 bridgehead atoms. The minimum absolute atomic E-state index is 0.0191. The summed E-state index contributed by atoms with van der Waals surface area (Å²) in [5, 5.41) is 0. The first-order valence-electron chi connectivity index (χ1n) is 4.73. The van der Waals surface area contributed by atoms with Gasteiger partial charge in [-0.25, -0.2) is 18.7 Å². The summed E-state index contributed by atoms with van der Waals surface area (Å²) >= 11 is 0. The minimum Gasteiger partial charge on any atom is -0.496 e. The summed E-state index contributed by atoms with van der Waals surface area (Å²) in [6, 6.07) is 3.71. The zero-order chi connectivity index (χ0) is 12.4. The Hall–Kier alpha value is -2.24. The molecule has 2 rings (SSSR count). The molecule has 1 aromatic heterocycles. The predicted molar refractivity (Wildman–Crippen MR) is 58.3 cm³/mol. The van der Waals surface area contributed by atoms with E-state index in [0.717, 1.165) is 12.3 Å². The summed E-state index contributed by atoms with van der Waals surface area (Å²) in [6.07, 6.45) is 0.959. The van der Waals surface area contributed by atoms with Gasteiger partial charge in [-0.2, -0.15) is 0 Å². The molecule has 0 aliphatic rings. The minimum atomic E-state index is -0.649. The van der Waals surface area contributed by atoms with Gasteiger partial charge < -0.3 is 10.5 Å². The Kier molecular flexibility index (Phi) is 2.86. The van der Waals surface area contributed by atoms with Gasteiger partial charge in [-0.05, 0) is 12.1 Å². The number of hydrogen-bond donors (Lipinski definition) is 1. The van der Waals surface area contributed by atoms with Crippen LogP contribution in [-0.2, 0) is 0 Å². The van der Waals surface area contributed by atoms with Crippen molar-refractivity contribution in [3.05, 3.63) is 36.0 Å². The Bertz CT molecular complexity index is 560. The van der Waals surface area contributed by atoms with Crippen molar-refractivity contribution in [2.24, 2.45) is 0 Å². The first-order chi connectivity index (χ1) is 8.11. The highest BCUT2D eigenvalue weighted by atomic mass is 19.1. The van der Waals surface area contributed by atoms with Crippen LogP contribution < -0.4 is 10.5 Å². The van der Waals surface area contributed by atoms with Crippen molar-refractivity contribution >= 4 is 5.95 Å². The number of rotatable bonds is 2. The molecular formula is C11H9F2N3O. The van der Waals surface area contributed by atoms with E-state index < -0.39 is 11.6 Å². The van der Waals surface area contributed by atoms with Gasteiger partial charge in [0, 0.05) is 11.6 Å². The van der Waals surface area contributed by atoms with Gasteiger partial charge in [0.1, 0.15) is 17.3 Å². The van der Waals surface area contributed by atoms with Crippen molar-refractivity contribution < 1.29 is 13.5 Å². The molecule has 0 spiro atoms. The van der Waals surface area contributed by atoms with Gasteiger partial charge in [0.25, 0.3) is 0 Å². The van der Waals surface area contributed by atoms with Gasteiger partial charge in [-0.15, -0.1) is 0 Å². The van der Waals surface area contributed by atoms with Gasteiger partial charge in [-0.1, -0.05) is 0 Å². The van der Waals surface area contributed by atoms with Crippen molar-refractivity contribution in [3.8, 4) is 17.0 Å². The molecule has 0 aliphatic heterocycles. The van der Waals surface area contributed by atoms with Crippen molar-refractivity contribution in [1.29, 1.82) is 0 Å². The topological polar surface area (TPSA) is 61.0 Å². The Morgan fingerprint density at radius 2 is 2.06 bits per heavy atom. The van der Waals surface area contributed by atoms with Crippen molar-refractivity contribution in [2.45, 2.75) is 0 Å². The summed E-state index contributed by atoms with van der Waals surface area (Å²) in [4.78, 5) is 7.29. The van der Waals surface area contributed by atoms with E-state index in [1.165, 1.54) is 19.2 Å². The standard InChI is InChI=1S/C11H9F2N3O/c1-17-9-4-6(12)2-3-7(9)10-8(13)5-15-11(14)16-10/h2-5H,1H3,(H2,14,15,16). The van der Waals surface area contributed by atoms with Crippen molar-refractivity contribution in [3.63, 3.8) is 0 Å². The van der Waals surface area contributed by atoms with Crippen LogP contribution in [-0.4, -0.2) is 17.1 Å². The maximum atomic E-state index is 13.5. The summed E-state index contributed by atoms with van der Waals surface area (Å²) < 4.78 is 31.5. The van der Waals surface area contributed by atoms with E-state index in [9.17, 15) is 8.78 Å². The van der Waals surface area contributed by atoms with Crippen LogP contribution in [0.2, 0.25) is 0 Å². The van der Waals surface area contributed by atoms with Crippen LogP contribution in [0.15, 0.2) is 24.4 Å². The van der Waals surface area contributed by atoms with Crippen LogP contribution in [0.1, 0.15) is 0 Å². The Labute approximate surface area is 96.1 Å². The third kappa shape index (κ3) is 2.15. The van der Waals surface area contributed by atoms with Crippen LogP contribution in [0.3, 0.4) is 0 Å². The van der Waals surface area contributed by atoms with Crippen LogP contribution in [0.25, 0.3) is 11.3 Å². The number of nitrogen functional groups attached to an aromatic ring is 1. The second-order valence-electron chi connectivity index (χ2n) is 3.27. The fraction of sp³-hybridized carbons (Fsp3) is 0.0909. The molecule has 0 saturated heterocycles. The summed E-state index contributed by atoms with van der Waals surface area (Å²) in [7, 11) is 1.36. The lowest BCUT2D eigenvalue weighted by atomic mass is 10.1. The molecular weight excluding hydrogens is 228 g/mol. The van der Waals surface area contributed by atoms with Crippen LogP contribution in [0.4, 0.5) is 14.7 Å². The van der Waals surface area contributed by atoms with Gasteiger partial charge in [0.05, 0.1) is 13.3 Å². The quantitative estimate of drug-likeness (QED) is 0.867. The molecule has 0 atom stereocenters. The number of methoxy groups -OCH3 is 1. The number of benzene rings is 1. The third-order valence-corrected chi connectivity index (χ3v) is 2.18. The van der Waals surface area contributed by atoms with Crippen molar-refractivity contribution in [2.75, 3.05) is 12.8 Å². The normalized spacial score (nSPS) is 10.3. The summed E-state index contributed by atoms with van der Waals surface area (Å²) in [5.41, 5.74) is 5.68. The van der Waals surface area contributed by atoms with E-state index in [-0.39, 0.29) is 17.4 Å². The first kappa shape index (κ1) is 11.3. The Morgan fingerprint density at radius 3 is 2.76 bits per heavy atom. The first-order valence-corrected chi connectivity index (χ1v) is 4.73. The molecule has 6 heteroatoms. The summed E-state index contributed by atoms with van der Waals surface area (Å²) in [6.45, 7) is 0. The molecule has 0 saturated carbocycles. The number of halogens is 2. The maximum Gasteiger partial charge on any atom is 0.220 e. The van der Waals surface area contributed by atoms with Crippen molar-refractivity contribution in [1.82, 2.24) is 9.97 Å². The molecule has 1 aromatic carbocycles. The lowest BCUT2D eigenvalue weighted by Crippen LogP contribution is -2.00. The second-order valence-corrected chi connectivity index (χ2v) is 3.27. The van der Waals surface area contributed by atoms with E-state index in [1.807, 2.05) is 0 Å². The highest BCUT2D eigenvalue weighted by Gasteiger charge is 2.14. The third-order valence-electron chi connectivity index (χ3n) is 2.18. The zero-order valence-electron chi connectivity index (χ0n) is 8.95. The monoisotopic (exact) mass is 237 g/mol. The predicted octanol–water partition coefficient (Wildman–Crippen LogP) is 2.01. The molecule has 0 aliphatic carbocycles. The number of aromatic nitrogens is 2. The number of hydrogen-bond acceptors (Lipinski definition) is 4. The SMILES string of the molecule is COc1cc(F)ccc1-c1nc(N)ncc1F. The smallest absolute Gasteiger partial charge is 0.220 e. The Morgan fingerprint density at radius 1 is 1.29 bits per heavy atom. The summed E-state index contributed by atoms with van der Waals surface area (Å²) in [5.74, 6) is -1.01. The molecule has 0 unspecified atom stereocenters. The largest absolute Gasteiger partial charge is 0.496 e. The molecule has 0 amide bonds. The van der Waals surface area contributed by atoms with E-state index in [0.29, 0.717) is 5.56 Å². The average Bonchev–Trinajstić information content (AvgIpc) is 2.32. The van der Waals surface area contributed by atoms with Gasteiger partial charge >= 0.3 is 0 Å². The van der Waals surface area contributed by atoms with Crippen LogP contribution >= 0.6 is 0 Å². The molecule has 0 radical (unpaired) electrons. The molecule has 1 heterocycles. The van der Waals surface area contributed by atoms with E-state index in [4.69, 9.17) is 10.5 Å². The molecule has 17 heavy (non-hydrogen) atoms. The fourth-order valence-corrected chi connectivity index (χ4v) is 1.43. The van der Waals surface area contributed by atoms with Gasteiger partial charge in [0.15, 0.2) is 5.82 Å². The van der Waals surface area contributed by atoms with Gasteiger partial charge in [0.2, 0.25) is 5.95 Å². The maximum absolute atomic E-state index is 13.5. The van der Waals surface area contributed by atoms with E-state index >= 15 is 0 Å². The second kappa shape index (κ2) is 4.32. The lowest BCUT2D eigenvalue weighted by molar-refractivity contribution is 0.412. The van der Waals surface area contributed by atoms with E-state index in [2.05, 4.69) is 9.97 Å². The van der Waals surface area contributed by atoms with Gasteiger partial charge in [-0.3, -0.25) is 0 Å². The fourth-order valence-electron chi connectivity index (χ4n) is 1.43. The highest BCUT2D eigenvalue weighted by Crippen LogP contribution is 2.30.